The van der Waals surface area contributed by atoms with E-state index in [2.05, 4.69) is 0 Å². The maximum absolute atomic E-state index is 12.9. The number of rotatable bonds is 6. The zero-order valence-corrected chi connectivity index (χ0v) is 18.5. The highest BCUT2D eigenvalue weighted by molar-refractivity contribution is 7.89. The zero-order valence-electron chi connectivity index (χ0n) is 17.7. The van der Waals surface area contributed by atoms with Crippen molar-refractivity contribution in [2.24, 2.45) is 0 Å². The Morgan fingerprint density at radius 1 is 1.03 bits per heavy atom. The highest BCUT2D eigenvalue weighted by Crippen LogP contribution is 2.28. The Morgan fingerprint density at radius 2 is 1.71 bits per heavy atom. The Hall–Kier alpha value is -2.98. The van der Waals surface area contributed by atoms with Gasteiger partial charge >= 0.3 is 5.69 Å². The molecule has 0 radical (unpaired) electrons. The predicted molar refractivity (Wildman–Crippen MR) is 115 cm³/mol. The topological polar surface area (TPSA) is 110 Å². The van der Waals surface area contributed by atoms with E-state index in [1.165, 1.54) is 21.3 Å². The molecule has 1 amide bonds. The molecule has 1 aliphatic rings. The van der Waals surface area contributed by atoms with E-state index in [-0.39, 0.29) is 55.0 Å². The lowest BCUT2D eigenvalue weighted by atomic mass is 10.1. The molecule has 31 heavy (non-hydrogen) atoms. The Kier molecular flexibility index (Phi) is 6.61. The van der Waals surface area contributed by atoms with Crippen molar-refractivity contribution in [3.05, 3.63) is 63.2 Å². The van der Waals surface area contributed by atoms with Gasteiger partial charge in [0.2, 0.25) is 10.0 Å². The lowest BCUT2D eigenvalue weighted by Crippen LogP contribution is -2.51. The summed E-state index contributed by atoms with van der Waals surface area (Å²) in [6, 6.07) is 9.56. The van der Waals surface area contributed by atoms with Crippen molar-refractivity contribution in [3.63, 3.8) is 0 Å². The number of ether oxygens (including phenoxy) is 1. The van der Waals surface area contributed by atoms with Gasteiger partial charge in [-0.15, -0.1) is 0 Å². The smallest absolute Gasteiger partial charge is 0.311 e. The molecule has 3 rings (SSSR count). The van der Waals surface area contributed by atoms with Gasteiger partial charge in [-0.2, -0.15) is 4.31 Å². The average Bonchev–Trinajstić information content (AvgIpc) is 2.74. The van der Waals surface area contributed by atoms with Gasteiger partial charge in [0.1, 0.15) is 0 Å². The molecule has 0 saturated carbocycles. The number of amides is 1. The molecular formula is C21H25N3O6S. The molecule has 0 aromatic heterocycles. The summed E-state index contributed by atoms with van der Waals surface area (Å²) in [5.74, 6) is -0.321. The molecule has 0 atom stereocenters. The predicted octanol–water partition coefficient (Wildman–Crippen LogP) is 2.43. The molecule has 0 aliphatic carbocycles. The summed E-state index contributed by atoms with van der Waals surface area (Å²) in [7, 11) is -3.64. The van der Waals surface area contributed by atoms with E-state index in [1.54, 1.807) is 31.2 Å². The van der Waals surface area contributed by atoms with Gasteiger partial charge in [-0.05, 0) is 55.7 Å². The number of nitrogens with zero attached hydrogens (tertiary/aromatic N) is 3. The Labute approximate surface area is 181 Å². The second-order valence-corrected chi connectivity index (χ2v) is 9.49. The van der Waals surface area contributed by atoms with Crippen molar-refractivity contribution < 1.29 is 22.9 Å². The number of sulfonamides is 1. The van der Waals surface area contributed by atoms with Crippen molar-refractivity contribution in [3.8, 4) is 5.75 Å². The van der Waals surface area contributed by atoms with E-state index < -0.39 is 14.9 Å². The minimum Gasteiger partial charge on any atom is -0.477 e. The number of aryl methyl sites for hydroxylation is 3. The number of benzene rings is 2. The fraction of sp³-hybridized carbons (Fsp3) is 0.381. The molecule has 10 heteroatoms. The molecule has 0 N–H and O–H groups in total. The van der Waals surface area contributed by atoms with Gasteiger partial charge in [0, 0.05) is 32.2 Å². The molecule has 0 unspecified atom stereocenters. The van der Waals surface area contributed by atoms with Crippen LogP contribution in [0.4, 0.5) is 5.69 Å². The van der Waals surface area contributed by atoms with Crippen molar-refractivity contribution in [1.29, 1.82) is 0 Å². The summed E-state index contributed by atoms with van der Waals surface area (Å²) in [6.45, 7) is 5.95. The van der Waals surface area contributed by atoms with Crippen molar-refractivity contribution in [2.75, 3.05) is 32.8 Å². The highest BCUT2D eigenvalue weighted by atomic mass is 32.2. The van der Waals surface area contributed by atoms with Crippen LogP contribution in [-0.4, -0.2) is 61.2 Å². The lowest BCUT2D eigenvalue weighted by molar-refractivity contribution is -0.385. The van der Waals surface area contributed by atoms with Crippen LogP contribution in [0.15, 0.2) is 41.3 Å². The molecule has 2 aromatic rings. The first-order valence-corrected chi connectivity index (χ1v) is 11.3. The van der Waals surface area contributed by atoms with Crippen LogP contribution in [0.25, 0.3) is 0 Å². The largest absolute Gasteiger partial charge is 0.477 e. The number of carbonyl (C=O) groups is 1. The minimum atomic E-state index is -3.64. The Balaban J connectivity index is 1.60. The molecular weight excluding hydrogens is 422 g/mol. The van der Waals surface area contributed by atoms with E-state index >= 15 is 0 Å². The number of piperazine rings is 1. The standard InChI is InChI=1S/C21H25N3O6S/c1-15-4-7-20(19(12-15)24(26)27)30-14-21(25)22-8-10-23(11-9-22)31(28,29)18-6-5-16(2)17(3)13-18/h4-7,12-13H,8-11,14H2,1-3H3. The number of hydrogen-bond donors (Lipinski definition) is 0. The molecule has 1 aliphatic heterocycles. The van der Waals surface area contributed by atoms with Gasteiger partial charge in [-0.1, -0.05) is 12.1 Å². The molecule has 1 heterocycles. The third-order valence-corrected chi connectivity index (χ3v) is 7.26. The third kappa shape index (κ3) is 5.02. The number of hydrogen-bond acceptors (Lipinski definition) is 6. The molecule has 0 bridgehead atoms. The lowest BCUT2D eigenvalue weighted by Gasteiger charge is -2.34. The monoisotopic (exact) mass is 447 g/mol. The molecule has 2 aromatic carbocycles. The van der Waals surface area contributed by atoms with E-state index in [1.807, 2.05) is 13.8 Å². The summed E-state index contributed by atoms with van der Waals surface area (Å²) in [4.78, 5) is 24.9. The van der Waals surface area contributed by atoms with Gasteiger partial charge in [-0.3, -0.25) is 14.9 Å². The number of nitro groups is 1. The molecule has 0 spiro atoms. The van der Waals surface area contributed by atoms with Crippen LogP contribution < -0.4 is 4.74 Å². The fourth-order valence-electron chi connectivity index (χ4n) is 3.32. The van der Waals surface area contributed by atoms with E-state index in [0.717, 1.165) is 11.1 Å². The summed E-state index contributed by atoms with van der Waals surface area (Å²) < 4.78 is 32.6. The average molecular weight is 448 g/mol. The molecule has 1 saturated heterocycles. The highest BCUT2D eigenvalue weighted by Gasteiger charge is 2.30. The van der Waals surface area contributed by atoms with Gasteiger partial charge in [0.15, 0.2) is 12.4 Å². The van der Waals surface area contributed by atoms with Gasteiger partial charge in [-0.25, -0.2) is 8.42 Å². The second kappa shape index (κ2) is 9.03. The van der Waals surface area contributed by atoms with Crippen LogP contribution in [0.2, 0.25) is 0 Å². The van der Waals surface area contributed by atoms with Crippen LogP contribution in [-0.2, 0) is 14.8 Å². The van der Waals surface area contributed by atoms with E-state index in [9.17, 15) is 23.3 Å². The quantitative estimate of drug-likeness (QED) is 0.497. The normalized spacial score (nSPS) is 15.0. The Morgan fingerprint density at radius 3 is 2.32 bits per heavy atom. The number of carbonyl (C=O) groups excluding carboxylic acids is 1. The first-order valence-electron chi connectivity index (χ1n) is 9.82. The third-order valence-electron chi connectivity index (χ3n) is 5.37. The van der Waals surface area contributed by atoms with Gasteiger partial charge in [0.05, 0.1) is 9.82 Å². The minimum absolute atomic E-state index is 0.0277. The first kappa shape index (κ1) is 22.7. The van der Waals surface area contributed by atoms with Gasteiger partial charge in [0.25, 0.3) is 5.91 Å². The van der Waals surface area contributed by atoms with E-state index in [4.69, 9.17) is 4.74 Å². The SMILES string of the molecule is Cc1ccc(OCC(=O)N2CCN(S(=O)(=O)c3ccc(C)c(C)c3)CC2)c([N+](=O)[O-])c1. The van der Waals surface area contributed by atoms with Crippen LogP contribution in [0.5, 0.6) is 5.75 Å². The van der Waals surface area contributed by atoms with Crippen molar-refractivity contribution in [1.82, 2.24) is 9.21 Å². The maximum Gasteiger partial charge on any atom is 0.311 e. The number of nitro benzene ring substituents is 1. The van der Waals surface area contributed by atoms with Gasteiger partial charge < -0.3 is 9.64 Å². The Bertz CT molecular complexity index is 1110. The van der Waals surface area contributed by atoms with E-state index in [0.29, 0.717) is 5.56 Å². The summed E-state index contributed by atoms with van der Waals surface area (Å²) in [5, 5.41) is 11.2. The summed E-state index contributed by atoms with van der Waals surface area (Å²) >= 11 is 0. The summed E-state index contributed by atoms with van der Waals surface area (Å²) in [6.07, 6.45) is 0. The van der Waals surface area contributed by atoms with Crippen LogP contribution >= 0.6 is 0 Å². The molecule has 166 valence electrons. The second-order valence-electron chi connectivity index (χ2n) is 7.55. The molecule has 1 fully saturated rings. The van der Waals surface area contributed by atoms with Crippen LogP contribution in [0, 0.1) is 30.9 Å². The summed E-state index contributed by atoms with van der Waals surface area (Å²) in [5.41, 5.74) is 2.43. The first-order chi connectivity index (χ1) is 14.6. The zero-order chi connectivity index (χ0) is 22.8. The fourth-order valence-corrected chi connectivity index (χ4v) is 4.83. The van der Waals surface area contributed by atoms with Crippen molar-refractivity contribution >= 4 is 21.6 Å². The maximum atomic E-state index is 12.9. The molecule has 9 nitrogen and oxygen atoms in total. The van der Waals surface area contributed by atoms with Crippen LogP contribution in [0.1, 0.15) is 16.7 Å². The van der Waals surface area contributed by atoms with Crippen molar-refractivity contribution in [2.45, 2.75) is 25.7 Å². The van der Waals surface area contributed by atoms with Crippen LogP contribution in [0.3, 0.4) is 0 Å².